The number of carbonyl (C=O) groups excluding carboxylic acids is 2. The molecule has 14 heteroatoms. The zero-order chi connectivity index (χ0) is 22.4. The molecule has 2 amide bonds. The molecule has 0 saturated carbocycles. The van der Waals surface area contributed by atoms with Gasteiger partial charge in [0.15, 0.2) is 8.34 Å². The molecule has 0 N–H and O–H groups in total. The van der Waals surface area contributed by atoms with E-state index >= 15 is 0 Å². The molecule has 0 fully saturated rings. The number of amides is 2. The molecule has 30 heavy (non-hydrogen) atoms. The average Bonchev–Trinajstić information content (AvgIpc) is 2.71. The van der Waals surface area contributed by atoms with Gasteiger partial charge in [0.25, 0.3) is 0 Å². The van der Waals surface area contributed by atoms with Gasteiger partial charge in [-0.3, -0.25) is 9.59 Å². The standard InChI is InChI=1S/C16H10Cl4F2N2O3S3/c17-15(18)28-11-5-9(23(21)7-25)1-3-13(11)30(27)14-4-2-10(24(22)8-26)6-12(14)29-16(19)20/h1-8,15-16H. The molecular formula is C16H10Cl4F2N2O3S3. The average molecular weight is 554 g/mol. The van der Waals surface area contributed by atoms with Crippen LogP contribution in [0, 0.1) is 0 Å². The molecule has 2 aromatic rings. The van der Waals surface area contributed by atoms with Crippen molar-refractivity contribution in [2.45, 2.75) is 27.9 Å². The van der Waals surface area contributed by atoms with Crippen molar-refractivity contribution < 1.29 is 22.8 Å². The highest BCUT2D eigenvalue weighted by atomic mass is 35.5. The van der Waals surface area contributed by atoms with Crippen LogP contribution in [0.5, 0.6) is 0 Å². The van der Waals surface area contributed by atoms with E-state index in [1.165, 1.54) is 36.4 Å². The number of anilines is 2. The largest absolute Gasteiger partial charge is 0.276 e. The van der Waals surface area contributed by atoms with Crippen molar-refractivity contribution in [3.8, 4) is 0 Å². The minimum atomic E-state index is -1.88. The molecule has 0 saturated heterocycles. The minimum absolute atomic E-state index is 0.0381. The molecule has 162 valence electrons. The van der Waals surface area contributed by atoms with Crippen LogP contribution in [0.4, 0.5) is 20.3 Å². The van der Waals surface area contributed by atoms with Gasteiger partial charge in [-0.15, -0.1) is 10.2 Å². The lowest BCUT2D eigenvalue weighted by Gasteiger charge is -2.16. The maximum Gasteiger partial charge on any atom is 0.242 e. The van der Waals surface area contributed by atoms with Crippen LogP contribution in [-0.4, -0.2) is 25.4 Å². The third-order valence-corrected chi connectivity index (χ3v) is 7.74. The lowest BCUT2D eigenvalue weighted by molar-refractivity contribution is -0.110. The molecule has 0 radical (unpaired) electrons. The summed E-state index contributed by atoms with van der Waals surface area (Å²) in [4.78, 5) is 22.3. The van der Waals surface area contributed by atoms with Crippen LogP contribution in [0.3, 0.4) is 0 Å². The van der Waals surface area contributed by atoms with Crippen molar-refractivity contribution in [2.75, 3.05) is 10.2 Å². The molecule has 5 nitrogen and oxygen atoms in total. The van der Waals surface area contributed by atoms with Gasteiger partial charge >= 0.3 is 0 Å². The summed E-state index contributed by atoms with van der Waals surface area (Å²) < 4.78 is 38.6. The number of rotatable bonds is 10. The second-order valence-corrected chi connectivity index (χ2v) is 12.1. The van der Waals surface area contributed by atoms with Crippen molar-refractivity contribution in [3.05, 3.63) is 36.4 Å². The van der Waals surface area contributed by atoms with E-state index in [-0.39, 0.29) is 54.0 Å². The van der Waals surface area contributed by atoms with E-state index in [2.05, 4.69) is 0 Å². The van der Waals surface area contributed by atoms with Gasteiger partial charge in [0.2, 0.25) is 12.8 Å². The summed E-state index contributed by atoms with van der Waals surface area (Å²) in [6, 6.07) is 7.68. The van der Waals surface area contributed by atoms with E-state index in [1.54, 1.807) is 0 Å². The highest BCUT2D eigenvalue weighted by Gasteiger charge is 2.22. The van der Waals surface area contributed by atoms with Gasteiger partial charge in [-0.25, -0.2) is 4.21 Å². The molecule has 0 aliphatic carbocycles. The summed E-state index contributed by atoms with van der Waals surface area (Å²) >= 11 is 25.0. The summed E-state index contributed by atoms with van der Waals surface area (Å²) in [5, 5.41) is -0.323. The van der Waals surface area contributed by atoms with Gasteiger partial charge in [-0.05, 0) is 36.4 Å². The first kappa shape index (κ1) is 25.5. The van der Waals surface area contributed by atoms with Gasteiger partial charge in [-0.1, -0.05) is 78.9 Å². The second kappa shape index (κ2) is 11.8. The summed E-state index contributed by atoms with van der Waals surface area (Å²) in [6.07, 6.45) is -0.0762. The Morgan fingerprint density at radius 3 is 1.47 bits per heavy atom. The topological polar surface area (TPSA) is 57.7 Å². The predicted octanol–water partition coefficient (Wildman–Crippen LogP) is 6.25. The number of halogens is 6. The molecule has 0 bridgehead atoms. The Hall–Kier alpha value is -0.750. The quantitative estimate of drug-likeness (QED) is 0.150. The van der Waals surface area contributed by atoms with Crippen LogP contribution in [0.2, 0.25) is 0 Å². The zero-order valence-corrected chi connectivity index (χ0v) is 19.9. The zero-order valence-electron chi connectivity index (χ0n) is 14.4. The number of hydrogen-bond acceptors (Lipinski definition) is 5. The van der Waals surface area contributed by atoms with Crippen molar-refractivity contribution in [1.82, 2.24) is 0 Å². The lowest BCUT2D eigenvalue weighted by Crippen LogP contribution is -2.09. The molecule has 0 aromatic heterocycles. The van der Waals surface area contributed by atoms with Crippen LogP contribution in [-0.2, 0) is 20.4 Å². The smallest absolute Gasteiger partial charge is 0.242 e. The first-order chi connectivity index (χ1) is 14.2. The molecule has 0 spiro atoms. The fourth-order valence-corrected chi connectivity index (χ4v) is 6.31. The van der Waals surface area contributed by atoms with Crippen LogP contribution >= 0.6 is 69.9 Å². The molecule has 2 aromatic carbocycles. The normalized spacial score (nSPS) is 11.2. The van der Waals surface area contributed by atoms with E-state index in [0.717, 1.165) is 23.5 Å². The second-order valence-electron chi connectivity index (χ2n) is 5.12. The number of benzene rings is 2. The van der Waals surface area contributed by atoms with E-state index in [9.17, 15) is 22.8 Å². The number of nitrogens with zero attached hydrogens (tertiary/aromatic N) is 2. The fraction of sp³-hybridized carbons (Fsp3) is 0.125. The summed E-state index contributed by atoms with van der Waals surface area (Å²) in [5.74, 6) is 0. The molecule has 0 atom stereocenters. The highest BCUT2D eigenvalue weighted by molar-refractivity contribution is 8.03. The Bertz CT molecular complexity index is 882. The van der Waals surface area contributed by atoms with E-state index in [4.69, 9.17) is 46.4 Å². The maximum atomic E-state index is 13.6. The Labute approximate surface area is 201 Å². The molecule has 2 rings (SSSR count). The number of thioether (sulfide) groups is 2. The van der Waals surface area contributed by atoms with Gasteiger partial charge < -0.3 is 0 Å². The molecule has 0 unspecified atom stereocenters. The van der Waals surface area contributed by atoms with E-state index < -0.39 is 19.1 Å². The molecule has 0 heterocycles. The number of hydrogen-bond donors (Lipinski definition) is 0. The summed E-state index contributed by atoms with van der Waals surface area (Å²) in [5.41, 5.74) is -0.236. The Balaban J connectivity index is 2.57. The van der Waals surface area contributed by atoms with Crippen molar-refractivity contribution >= 4 is 105 Å². The van der Waals surface area contributed by atoms with Crippen molar-refractivity contribution in [1.29, 1.82) is 0 Å². The summed E-state index contributed by atoms with van der Waals surface area (Å²) in [6.45, 7) is 0. The third kappa shape index (κ3) is 6.62. The molecule has 0 aliphatic rings. The Kier molecular flexibility index (Phi) is 9.99. The summed E-state index contributed by atoms with van der Waals surface area (Å²) in [7, 11) is -1.88. The fourth-order valence-electron chi connectivity index (χ4n) is 2.18. The third-order valence-electron chi connectivity index (χ3n) is 3.36. The Morgan fingerprint density at radius 1 is 0.800 bits per heavy atom. The first-order valence-corrected chi connectivity index (χ1v) is 12.2. The van der Waals surface area contributed by atoms with Crippen LogP contribution < -0.4 is 10.2 Å². The van der Waals surface area contributed by atoms with Crippen LogP contribution in [0.15, 0.2) is 56.0 Å². The van der Waals surface area contributed by atoms with Crippen molar-refractivity contribution in [3.63, 3.8) is 0 Å². The number of alkyl halides is 4. The van der Waals surface area contributed by atoms with Gasteiger partial charge in [0, 0.05) is 9.79 Å². The Morgan fingerprint density at radius 2 is 1.17 bits per heavy atom. The minimum Gasteiger partial charge on any atom is -0.276 e. The predicted molar refractivity (Wildman–Crippen MR) is 120 cm³/mol. The highest BCUT2D eigenvalue weighted by Crippen LogP contribution is 2.41. The van der Waals surface area contributed by atoms with Gasteiger partial charge in [0.1, 0.15) is 0 Å². The lowest BCUT2D eigenvalue weighted by atomic mass is 10.3. The van der Waals surface area contributed by atoms with Crippen LogP contribution in [0.1, 0.15) is 0 Å². The molecule has 0 aliphatic heterocycles. The maximum absolute atomic E-state index is 13.6. The SMILES string of the molecule is O=CN(F)c1ccc(S(=O)c2ccc(N(F)C=O)cc2SC(Cl)Cl)c(SC(Cl)Cl)c1. The monoisotopic (exact) mass is 552 g/mol. The van der Waals surface area contributed by atoms with Crippen LogP contribution in [0.25, 0.3) is 0 Å². The molecular weight excluding hydrogens is 544 g/mol. The first-order valence-electron chi connectivity index (χ1n) is 7.58. The van der Waals surface area contributed by atoms with Gasteiger partial charge in [-0.2, -0.15) is 0 Å². The van der Waals surface area contributed by atoms with E-state index in [1.807, 2.05) is 0 Å². The number of carbonyl (C=O) groups is 2. The van der Waals surface area contributed by atoms with Gasteiger partial charge in [0.05, 0.1) is 32.0 Å². The van der Waals surface area contributed by atoms with Crippen molar-refractivity contribution in [2.24, 2.45) is 0 Å². The van der Waals surface area contributed by atoms with E-state index in [0.29, 0.717) is 0 Å².